The van der Waals surface area contributed by atoms with Crippen LogP contribution >= 0.6 is 12.4 Å². The van der Waals surface area contributed by atoms with Gasteiger partial charge >= 0.3 is 6.09 Å². The topological polar surface area (TPSA) is 50.4 Å². The quantitative estimate of drug-likeness (QED) is 0.720. The first-order chi connectivity index (χ1) is 6.45. The van der Waals surface area contributed by atoms with Crippen molar-refractivity contribution in [3.8, 4) is 0 Å². The van der Waals surface area contributed by atoms with Gasteiger partial charge in [-0.25, -0.2) is 4.79 Å². The second kappa shape index (κ2) is 8.80. The Bertz CT molecular complexity index is 169. The van der Waals surface area contributed by atoms with E-state index >= 15 is 0 Å². The standard InChI is InChI=1S/C10H22N2O2.ClH/c1-5-14-9(13)11-7-6-8-12-10(2,3)4;/h12H,5-8H2,1-4H3,(H,11,13);1H. The summed E-state index contributed by atoms with van der Waals surface area (Å²) in [5, 5.41) is 6.00. The first kappa shape index (κ1) is 16.9. The highest BCUT2D eigenvalue weighted by atomic mass is 35.5. The predicted octanol–water partition coefficient (Wildman–Crippen LogP) is 1.93. The highest BCUT2D eigenvalue weighted by Gasteiger charge is 2.07. The number of amides is 1. The minimum absolute atomic E-state index is 0. The summed E-state index contributed by atoms with van der Waals surface area (Å²) < 4.78 is 4.72. The summed E-state index contributed by atoms with van der Waals surface area (Å²) in [4.78, 5) is 10.8. The Labute approximate surface area is 98.6 Å². The molecule has 0 saturated carbocycles. The van der Waals surface area contributed by atoms with Gasteiger partial charge in [-0.05, 0) is 40.7 Å². The second-order valence-electron chi connectivity index (χ2n) is 4.18. The molecule has 0 aliphatic rings. The number of alkyl carbamates (subject to hydrolysis) is 1. The second-order valence-corrected chi connectivity index (χ2v) is 4.18. The first-order valence-corrected chi connectivity index (χ1v) is 5.11. The van der Waals surface area contributed by atoms with Crippen LogP contribution in [-0.4, -0.2) is 31.3 Å². The van der Waals surface area contributed by atoms with Crippen molar-refractivity contribution in [3.05, 3.63) is 0 Å². The van der Waals surface area contributed by atoms with Gasteiger partial charge in [-0.15, -0.1) is 12.4 Å². The maximum atomic E-state index is 10.8. The molecule has 0 atom stereocenters. The van der Waals surface area contributed by atoms with Crippen molar-refractivity contribution in [1.29, 1.82) is 0 Å². The van der Waals surface area contributed by atoms with Crippen LogP contribution in [0.1, 0.15) is 34.1 Å². The van der Waals surface area contributed by atoms with Crippen molar-refractivity contribution in [2.24, 2.45) is 0 Å². The SMILES string of the molecule is CCOC(=O)NCCCNC(C)(C)C.Cl. The maximum Gasteiger partial charge on any atom is 0.407 e. The Morgan fingerprint density at radius 1 is 1.27 bits per heavy atom. The molecule has 0 rings (SSSR count). The lowest BCUT2D eigenvalue weighted by molar-refractivity contribution is 0.152. The molecule has 92 valence electrons. The molecule has 0 aliphatic carbocycles. The molecule has 0 spiro atoms. The van der Waals surface area contributed by atoms with Gasteiger partial charge in [0.2, 0.25) is 0 Å². The molecule has 0 heterocycles. The van der Waals surface area contributed by atoms with Crippen molar-refractivity contribution in [2.75, 3.05) is 19.7 Å². The van der Waals surface area contributed by atoms with Crippen LogP contribution in [0.15, 0.2) is 0 Å². The van der Waals surface area contributed by atoms with E-state index in [9.17, 15) is 4.79 Å². The molecule has 0 aliphatic heterocycles. The van der Waals surface area contributed by atoms with Crippen molar-refractivity contribution in [2.45, 2.75) is 39.7 Å². The molecular formula is C10H23ClN2O2. The molecule has 0 aromatic carbocycles. The number of ether oxygens (including phenoxy) is 1. The third-order valence-electron chi connectivity index (χ3n) is 1.55. The van der Waals surface area contributed by atoms with E-state index in [1.165, 1.54) is 0 Å². The van der Waals surface area contributed by atoms with Gasteiger partial charge in [0, 0.05) is 12.1 Å². The zero-order chi connectivity index (χ0) is 11.0. The average Bonchev–Trinajstić information content (AvgIpc) is 2.02. The van der Waals surface area contributed by atoms with E-state index in [4.69, 9.17) is 4.74 Å². The van der Waals surface area contributed by atoms with Crippen LogP contribution in [0.25, 0.3) is 0 Å². The summed E-state index contributed by atoms with van der Waals surface area (Å²) in [6.07, 6.45) is 0.582. The normalized spacial score (nSPS) is 10.4. The summed E-state index contributed by atoms with van der Waals surface area (Å²) in [7, 11) is 0. The Kier molecular flexibility index (Phi) is 9.93. The number of rotatable bonds is 5. The molecule has 0 aromatic rings. The van der Waals surface area contributed by atoms with Crippen LogP contribution in [0.2, 0.25) is 0 Å². The largest absolute Gasteiger partial charge is 0.450 e. The van der Waals surface area contributed by atoms with E-state index < -0.39 is 0 Å². The maximum absolute atomic E-state index is 10.8. The van der Waals surface area contributed by atoms with E-state index in [0.717, 1.165) is 13.0 Å². The van der Waals surface area contributed by atoms with E-state index in [-0.39, 0.29) is 24.0 Å². The zero-order valence-corrected chi connectivity index (χ0v) is 10.9. The molecule has 2 N–H and O–H groups in total. The lowest BCUT2D eigenvalue weighted by atomic mass is 10.1. The van der Waals surface area contributed by atoms with Crippen LogP contribution in [0.3, 0.4) is 0 Å². The molecule has 0 fully saturated rings. The Morgan fingerprint density at radius 2 is 1.87 bits per heavy atom. The Morgan fingerprint density at radius 3 is 2.33 bits per heavy atom. The molecule has 0 saturated heterocycles. The minimum Gasteiger partial charge on any atom is -0.450 e. The molecule has 0 bridgehead atoms. The highest BCUT2D eigenvalue weighted by molar-refractivity contribution is 5.85. The lowest BCUT2D eigenvalue weighted by Crippen LogP contribution is -2.37. The average molecular weight is 239 g/mol. The molecule has 4 nitrogen and oxygen atoms in total. The van der Waals surface area contributed by atoms with Crippen LogP contribution in [0.5, 0.6) is 0 Å². The summed E-state index contributed by atoms with van der Waals surface area (Å²) in [5.41, 5.74) is 0.143. The Hall–Kier alpha value is -0.480. The third-order valence-corrected chi connectivity index (χ3v) is 1.55. The fourth-order valence-corrected chi connectivity index (χ4v) is 0.924. The number of carbonyl (C=O) groups is 1. The number of halogens is 1. The van der Waals surface area contributed by atoms with Crippen molar-refractivity contribution in [3.63, 3.8) is 0 Å². The fourth-order valence-electron chi connectivity index (χ4n) is 0.924. The van der Waals surface area contributed by atoms with Gasteiger partial charge in [-0.3, -0.25) is 0 Å². The van der Waals surface area contributed by atoms with E-state index in [1.54, 1.807) is 6.92 Å². The third kappa shape index (κ3) is 13.5. The molecule has 0 aromatic heterocycles. The number of hydrogen-bond acceptors (Lipinski definition) is 3. The van der Waals surface area contributed by atoms with Crippen LogP contribution < -0.4 is 10.6 Å². The minimum atomic E-state index is -0.330. The fraction of sp³-hybridized carbons (Fsp3) is 0.900. The summed E-state index contributed by atoms with van der Waals surface area (Å²) in [5.74, 6) is 0. The molecule has 15 heavy (non-hydrogen) atoms. The summed E-state index contributed by atoms with van der Waals surface area (Å²) in [6, 6.07) is 0. The lowest BCUT2D eigenvalue weighted by Gasteiger charge is -2.20. The van der Waals surface area contributed by atoms with Crippen molar-refractivity contribution >= 4 is 18.5 Å². The zero-order valence-electron chi connectivity index (χ0n) is 10.1. The van der Waals surface area contributed by atoms with Crippen molar-refractivity contribution in [1.82, 2.24) is 10.6 Å². The van der Waals surface area contributed by atoms with Gasteiger partial charge in [0.15, 0.2) is 0 Å². The number of nitrogens with one attached hydrogen (secondary N) is 2. The van der Waals surface area contributed by atoms with Crippen molar-refractivity contribution < 1.29 is 9.53 Å². The smallest absolute Gasteiger partial charge is 0.407 e. The molecule has 1 amide bonds. The van der Waals surface area contributed by atoms with E-state index in [0.29, 0.717) is 13.2 Å². The van der Waals surface area contributed by atoms with Crippen LogP contribution in [-0.2, 0) is 4.74 Å². The van der Waals surface area contributed by atoms with Crippen LogP contribution in [0, 0.1) is 0 Å². The molecule has 5 heteroatoms. The number of carbonyl (C=O) groups excluding carboxylic acids is 1. The van der Waals surface area contributed by atoms with Gasteiger partial charge in [0.1, 0.15) is 0 Å². The number of hydrogen-bond donors (Lipinski definition) is 2. The first-order valence-electron chi connectivity index (χ1n) is 5.11. The Balaban J connectivity index is 0. The van der Waals surface area contributed by atoms with E-state index in [1.807, 2.05) is 0 Å². The molecule has 0 unspecified atom stereocenters. The molecular weight excluding hydrogens is 216 g/mol. The molecule has 0 radical (unpaired) electrons. The van der Waals surface area contributed by atoms with Crippen LogP contribution in [0.4, 0.5) is 4.79 Å². The predicted molar refractivity (Wildman–Crippen MR) is 64.6 cm³/mol. The highest BCUT2D eigenvalue weighted by Crippen LogP contribution is 1.97. The van der Waals surface area contributed by atoms with Gasteiger partial charge in [0.25, 0.3) is 0 Å². The van der Waals surface area contributed by atoms with E-state index in [2.05, 4.69) is 31.4 Å². The van der Waals surface area contributed by atoms with Gasteiger partial charge in [0.05, 0.1) is 6.61 Å². The summed E-state index contributed by atoms with van der Waals surface area (Å²) in [6.45, 7) is 10.1. The van der Waals surface area contributed by atoms with Gasteiger partial charge < -0.3 is 15.4 Å². The van der Waals surface area contributed by atoms with Gasteiger partial charge in [-0.2, -0.15) is 0 Å². The summed E-state index contributed by atoms with van der Waals surface area (Å²) >= 11 is 0. The monoisotopic (exact) mass is 238 g/mol. The van der Waals surface area contributed by atoms with Gasteiger partial charge in [-0.1, -0.05) is 0 Å².